The number of carbonyl (C=O) groups is 2. The van der Waals surface area contributed by atoms with Gasteiger partial charge in [0, 0.05) is 37.2 Å². The average molecular weight is 646 g/mol. The molecule has 5 rings (SSSR count). The number of aryl methyl sites for hydroxylation is 1. The summed E-state index contributed by atoms with van der Waals surface area (Å²) < 4.78 is 19.8. The van der Waals surface area contributed by atoms with E-state index < -0.39 is 24.3 Å². The van der Waals surface area contributed by atoms with Gasteiger partial charge in [-0.3, -0.25) is 0 Å². The van der Waals surface area contributed by atoms with Crippen LogP contribution in [0.2, 0.25) is 0 Å². The lowest BCUT2D eigenvalue weighted by Crippen LogP contribution is -2.47. The molecule has 0 aliphatic carbocycles. The van der Waals surface area contributed by atoms with Crippen LogP contribution in [0, 0.1) is 5.92 Å². The number of rotatable bonds is 12. The molecule has 0 spiro atoms. The van der Waals surface area contributed by atoms with Gasteiger partial charge < -0.3 is 34.5 Å². The van der Waals surface area contributed by atoms with E-state index in [1.54, 1.807) is 18.1 Å². The van der Waals surface area contributed by atoms with Crippen molar-refractivity contribution >= 4 is 23.8 Å². The molecule has 5 atom stereocenters. The minimum absolute atomic E-state index is 0.0214. The second-order valence-electron chi connectivity index (χ2n) is 11.2. The number of carbonyl (C=O) groups excluding carboxylic acids is 2. The van der Waals surface area contributed by atoms with Gasteiger partial charge in [-0.25, -0.2) is 9.59 Å². The van der Waals surface area contributed by atoms with Gasteiger partial charge in [0.2, 0.25) is 0 Å². The molecule has 12 heteroatoms. The average Bonchev–Trinajstić information content (AvgIpc) is 3.51. The third-order valence-electron chi connectivity index (χ3n) is 7.95. The minimum Gasteiger partial charge on any atom is -0.467 e. The van der Waals surface area contributed by atoms with Gasteiger partial charge in [0.05, 0.1) is 25.9 Å². The predicted octanol–water partition coefficient (Wildman–Crippen LogP) is 4.47. The molecule has 11 nitrogen and oxygen atoms in total. The Morgan fingerprint density at radius 2 is 1.67 bits per heavy atom. The number of hydrogen-bond acceptors (Lipinski definition) is 9. The number of urea groups is 1. The number of benzene rings is 3. The van der Waals surface area contributed by atoms with E-state index in [0.29, 0.717) is 12.2 Å². The highest BCUT2D eigenvalue weighted by Gasteiger charge is 2.38. The van der Waals surface area contributed by atoms with E-state index in [4.69, 9.17) is 14.2 Å². The Hall–Kier alpha value is -4.23. The van der Waals surface area contributed by atoms with Crippen molar-refractivity contribution in [1.82, 2.24) is 25.4 Å². The number of thioether (sulfide) groups is 1. The molecule has 5 unspecified atom stereocenters. The fourth-order valence-corrected chi connectivity index (χ4v) is 6.29. The third kappa shape index (κ3) is 8.52. The van der Waals surface area contributed by atoms with Gasteiger partial charge in [-0.15, -0.1) is 10.2 Å². The number of methoxy groups -OCH3 is 1. The molecule has 2 heterocycles. The van der Waals surface area contributed by atoms with Crippen LogP contribution < -0.4 is 10.6 Å². The second kappa shape index (κ2) is 15.9. The Balaban J connectivity index is 1.23. The molecule has 3 aromatic carbocycles. The number of esters is 1. The molecule has 1 aromatic heterocycles. The first kappa shape index (κ1) is 33.1. The van der Waals surface area contributed by atoms with Crippen LogP contribution in [0.1, 0.15) is 47.1 Å². The summed E-state index contributed by atoms with van der Waals surface area (Å²) in [5, 5.41) is 24.0. The van der Waals surface area contributed by atoms with Crippen LogP contribution in [-0.4, -0.2) is 56.9 Å². The van der Waals surface area contributed by atoms with Crippen LogP contribution >= 0.6 is 11.8 Å². The predicted molar refractivity (Wildman–Crippen MR) is 172 cm³/mol. The van der Waals surface area contributed by atoms with Gasteiger partial charge in [-0.1, -0.05) is 97.5 Å². The van der Waals surface area contributed by atoms with Crippen LogP contribution in [0.3, 0.4) is 0 Å². The van der Waals surface area contributed by atoms with E-state index in [9.17, 15) is 14.7 Å². The summed E-state index contributed by atoms with van der Waals surface area (Å²) >= 11 is 1.58. The number of hydrogen-bond donors (Lipinski definition) is 3. The van der Waals surface area contributed by atoms with Crippen molar-refractivity contribution in [3.05, 3.63) is 113 Å². The Bertz CT molecular complexity index is 1570. The number of aromatic nitrogens is 3. The largest absolute Gasteiger partial charge is 0.467 e. The SMILES string of the molecule is COC(=O)C(Cc1ccccc1)NC(=O)NCc1ccc(C2OC(CSc3nncn3C)C(C)C(c3ccc(CO)cc3)O2)cc1. The highest BCUT2D eigenvalue weighted by Crippen LogP contribution is 2.42. The standard InChI is InChI=1S/C34H39N5O6S/c1-22-29(20-46-34-38-36-21-39(34)2)44-32(45-30(22)26-13-11-25(19-40)12-14-26)27-15-9-24(10-16-27)18-35-33(42)37-28(31(41)43-3)17-23-7-5-4-6-8-23/h4-16,21-22,28-30,32,40H,17-20H2,1-3H3,(H2,35,37,42). The van der Waals surface area contributed by atoms with Crippen LogP contribution in [0.25, 0.3) is 0 Å². The van der Waals surface area contributed by atoms with Crippen molar-refractivity contribution in [3.8, 4) is 0 Å². The summed E-state index contributed by atoms with van der Waals surface area (Å²) in [5.41, 5.74) is 4.47. The fourth-order valence-electron chi connectivity index (χ4n) is 5.24. The van der Waals surface area contributed by atoms with E-state index in [1.165, 1.54) is 7.11 Å². The quantitative estimate of drug-likeness (QED) is 0.151. The van der Waals surface area contributed by atoms with Crippen molar-refractivity contribution in [3.63, 3.8) is 0 Å². The van der Waals surface area contributed by atoms with Gasteiger partial charge in [-0.2, -0.15) is 0 Å². The van der Waals surface area contributed by atoms with Crippen LogP contribution in [0.15, 0.2) is 90.3 Å². The lowest BCUT2D eigenvalue weighted by atomic mass is 9.91. The normalized spacial score (nSPS) is 20.1. The first-order valence-corrected chi connectivity index (χ1v) is 16.1. The van der Waals surface area contributed by atoms with Crippen molar-refractivity contribution in [2.24, 2.45) is 13.0 Å². The van der Waals surface area contributed by atoms with Crippen LogP contribution in [-0.2, 0) is 45.6 Å². The molecular weight excluding hydrogens is 606 g/mol. The van der Waals surface area contributed by atoms with E-state index in [2.05, 4.69) is 27.8 Å². The molecule has 4 aromatic rings. The van der Waals surface area contributed by atoms with Crippen molar-refractivity contribution in [2.75, 3.05) is 12.9 Å². The zero-order chi connectivity index (χ0) is 32.5. The van der Waals surface area contributed by atoms with Crippen molar-refractivity contribution < 1.29 is 28.9 Å². The van der Waals surface area contributed by atoms with Gasteiger partial charge in [-0.05, 0) is 22.3 Å². The molecule has 242 valence electrons. The number of aliphatic hydroxyl groups is 1. The minimum atomic E-state index is -0.815. The van der Waals surface area contributed by atoms with Crippen LogP contribution in [0.5, 0.6) is 0 Å². The molecule has 1 fully saturated rings. The summed E-state index contributed by atoms with van der Waals surface area (Å²) in [5.74, 6) is 0.183. The lowest BCUT2D eigenvalue weighted by Gasteiger charge is -2.41. The molecule has 46 heavy (non-hydrogen) atoms. The zero-order valence-corrected chi connectivity index (χ0v) is 26.9. The van der Waals surface area contributed by atoms with Gasteiger partial charge >= 0.3 is 12.0 Å². The Morgan fingerprint density at radius 1 is 0.978 bits per heavy atom. The third-order valence-corrected chi connectivity index (χ3v) is 9.07. The zero-order valence-electron chi connectivity index (χ0n) is 26.0. The molecule has 3 N–H and O–H groups in total. The van der Waals surface area contributed by atoms with E-state index in [1.807, 2.05) is 90.5 Å². The first-order valence-electron chi connectivity index (χ1n) is 15.1. The number of nitrogens with one attached hydrogen (secondary N) is 2. The number of ether oxygens (including phenoxy) is 3. The summed E-state index contributed by atoms with van der Waals surface area (Å²) in [6, 6.07) is 23.7. The maximum atomic E-state index is 12.7. The maximum absolute atomic E-state index is 12.7. The molecule has 2 amide bonds. The summed E-state index contributed by atoms with van der Waals surface area (Å²) in [6.45, 7) is 2.35. The fraction of sp³-hybridized carbons (Fsp3) is 0.353. The Morgan fingerprint density at radius 3 is 2.33 bits per heavy atom. The molecule has 0 bridgehead atoms. The molecule has 0 saturated carbocycles. The Kier molecular flexibility index (Phi) is 11.4. The second-order valence-corrected chi connectivity index (χ2v) is 12.2. The number of amides is 2. The number of nitrogens with zero attached hydrogens (tertiary/aromatic N) is 3. The maximum Gasteiger partial charge on any atom is 0.328 e. The summed E-state index contributed by atoms with van der Waals surface area (Å²) in [7, 11) is 3.21. The highest BCUT2D eigenvalue weighted by molar-refractivity contribution is 7.99. The first-order chi connectivity index (χ1) is 22.3. The van der Waals surface area contributed by atoms with Crippen LogP contribution in [0.4, 0.5) is 4.79 Å². The molecule has 1 aliphatic rings. The van der Waals surface area contributed by atoms with Crippen molar-refractivity contribution in [2.45, 2.75) is 56.2 Å². The smallest absolute Gasteiger partial charge is 0.328 e. The monoisotopic (exact) mass is 645 g/mol. The van der Waals surface area contributed by atoms with Gasteiger partial charge in [0.15, 0.2) is 11.4 Å². The topological polar surface area (TPSA) is 137 Å². The van der Waals surface area contributed by atoms with Crippen molar-refractivity contribution in [1.29, 1.82) is 0 Å². The Labute approximate surface area is 272 Å². The molecule has 1 saturated heterocycles. The molecular formula is C34H39N5O6S. The van der Waals surface area contributed by atoms with E-state index in [-0.39, 0.29) is 31.3 Å². The highest BCUT2D eigenvalue weighted by atomic mass is 32.2. The summed E-state index contributed by atoms with van der Waals surface area (Å²) in [6.07, 6.45) is 0.993. The van der Waals surface area contributed by atoms with E-state index >= 15 is 0 Å². The lowest BCUT2D eigenvalue weighted by molar-refractivity contribution is -0.268. The summed E-state index contributed by atoms with van der Waals surface area (Å²) in [4.78, 5) is 25.0. The number of aliphatic hydroxyl groups excluding tert-OH is 1. The molecule has 0 radical (unpaired) electrons. The van der Waals surface area contributed by atoms with Gasteiger partial charge in [0.25, 0.3) is 0 Å². The molecule has 1 aliphatic heterocycles. The van der Waals surface area contributed by atoms with E-state index in [0.717, 1.165) is 33.0 Å². The van der Waals surface area contributed by atoms with Gasteiger partial charge in [0.1, 0.15) is 12.4 Å².